The van der Waals surface area contributed by atoms with Gasteiger partial charge in [-0.15, -0.1) is 0 Å². The highest BCUT2D eigenvalue weighted by Crippen LogP contribution is 2.31. The van der Waals surface area contributed by atoms with Crippen molar-refractivity contribution in [1.82, 2.24) is 0 Å². The van der Waals surface area contributed by atoms with Crippen LogP contribution in [0.25, 0.3) is 0 Å². The van der Waals surface area contributed by atoms with Crippen LogP contribution in [0.2, 0.25) is 0 Å². The standard InChI is InChI=1S/C16H14F2N2O3S/c1-10(21)20-5-4-11-2-3-14(9-16(11)20)19-24(22,23)15-7-12(17)6-13(18)8-15/h2-3,6-9,19H,4-5H2,1H3. The molecule has 1 heterocycles. The molecule has 1 aliphatic heterocycles. The molecule has 0 aromatic heterocycles. The minimum atomic E-state index is -4.15. The van der Waals surface area contributed by atoms with E-state index in [0.29, 0.717) is 24.7 Å². The normalized spacial score (nSPS) is 13.7. The van der Waals surface area contributed by atoms with Crippen molar-refractivity contribution in [2.45, 2.75) is 18.2 Å². The van der Waals surface area contributed by atoms with E-state index in [4.69, 9.17) is 0 Å². The Morgan fingerprint density at radius 1 is 1.12 bits per heavy atom. The van der Waals surface area contributed by atoms with Gasteiger partial charge >= 0.3 is 0 Å². The Morgan fingerprint density at radius 2 is 1.79 bits per heavy atom. The third kappa shape index (κ3) is 3.09. The molecule has 0 radical (unpaired) electrons. The van der Waals surface area contributed by atoms with Crippen LogP contribution in [0.4, 0.5) is 20.2 Å². The van der Waals surface area contributed by atoms with Crippen LogP contribution in [0, 0.1) is 11.6 Å². The third-order valence-corrected chi connectivity index (χ3v) is 5.12. The quantitative estimate of drug-likeness (QED) is 0.924. The van der Waals surface area contributed by atoms with Crippen molar-refractivity contribution < 1.29 is 22.0 Å². The number of sulfonamides is 1. The zero-order chi connectivity index (χ0) is 17.5. The van der Waals surface area contributed by atoms with Crippen LogP contribution in [-0.2, 0) is 21.2 Å². The molecule has 0 fully saturated rings. The summed E-state index contributed by atoms with van der Waals surface area (Å²) in [5.41, 5.74) is 1.78. The summed E-state index contributed by atoms with van der Waals surface area (Å²) in [5, 5.41) is 0. The number of fused-ring (bicyclic) bond motifs is 1. The second-order valence-electron chi connectivity index (χ2n) is 5.47. The molecular weight excluding hydrogens is 338 g/mol. The predicted molar refractivity (Wildman–Crippen MR) is 85.3 cm³/mol. The molecule has 24 heavy (non-hydrogen) atoms. The molecule has 0 atom stereocenters. The van der Waals surface area contributed by atoms with Gasteiger partial charge in [0.05, 0.1) is 10.6 Å². The first kappa shape index (κ1) is 16.4. The van der Waals surface area contributed by atoms with Gasteiger partial charge in [-0.2, -0.15) is 0 Å². The van der Waals surface area contributed by atoms with Gasteiger partial charge in [-0.25, -0.2) is 17.2 Å². The third-order valence-electron chi connectivity index (χ3n) is 3.76. The number of amides is 1. The summed E-state index contributed by atoms with van der Waals surface area (Å²) in [6.07, 6.45) is 0.692. The van der Waals surface area contributed by atoms with Crippen molar-refractivity contribution in [2.75, 3.05) is 16.2 Å². The maximum atomic E-state index is 13.2. The van der Waals surface area contributed by atoms with Crippen LogP contribution >= 0.6 is 0 Å². The van der Waals surface area contributed by atoms with Crippen LogP contribution in [0.5, 0.6) is 0 Å². The van der Waals surface area contributed by atoms with Crippen molar-refractivity contribution in [1.29, 1.82) is 0 Å². The molecule has 1 N–H and O–H groups in total. The van der Waals surface area contributed by atoms with E-state index >= 15 is 0 Å². The zero-order valence-corrected chi connectivity index (χ0v) is 13.5. The number of benzene rings is 2. The lowest BCUT2D eigenvalue weighted by Crippen LogP contribution is -2.25. The molecule has 0 bridgehead atoms. The molecular formula is C16H14F2N2O3S. The molecule has 0 saturated heterocycles. The van der Waals surface area contributed by atoms with Gasteiger partial charge in [0.15, 0.2) is 0 Å². The number of halogens is 2. The highest BCUT2D eigenvalue weighted by molar-refractivity contribution is 7.92. The van der Waals surface area contributed by atoms with Crippen molar-refractivity contribution in [3.63, 3.8) is 0 Å². The average molecular weight is 352 g/mol. The van der Waals surface area contributed by atoms with Gasteiger partial charge in [0.2, 0.25) is 5.91 Å². The fourth-order valence-electron chi connectivity index (χ4n) is 2.67. The summed E-state index contributed by atoms with van der Waals surface area (Å²) in [4.78, 5) is 12.6. The van der Waals surface area contributed by atoms with Crippen LogP contribution in [-0.4, -0.2) is 20.9 Å². The summed E-state index contributed by atoms with van der Waals surface area (Å²) in [6.45, 7) is 1.97. The first-order chi connectivity index (χ1) is 11.3. The van der Waals surface area contributed by atoms with Gasteiger partial charge < -0.3 is 4.90 Å². The summed E-state index contributed by atoms with van der Waals surface area (Å²) in [5.74, 6) is -2.10. The summed E-state index contributed by atoms with van der Waals surface area (Å²) < 4.78 is 53.4. The first-order valence-corrected chi connectivity index (χ1v) is 8.64. The molecule has 5 nitrogen and oxygen atoms in total. The van der Waals surface area contributed by atoms with E-state index in [1.807, 2.05) is 0 Å². The number of nitrogens with zero attached hydrogens (tertiary/aromatic N) is 1. The van der Waals surface area contributed by atoms with E-state index in [9.17, 15) is 22.0 Å². The maximum Gasteiger partial charge on any atom is 0.262 e. The van der Waals surface area contributed by atoms with E-state index in [-0.39, 0.29) is 11.6 Å². The molecule has 2 aromatic carbocycles. The van der Waals surface area contributed by atoms with Crippen molar-refractivity contribution in [2.24, 2.45) is 0 Å². The van der Waals surface area contributed by atoms with Crippen LogP contribution in [0.3, 0.4) is 0 Å². The van der Waals surface area contributed by atoms with Gasteiger partial charge in [0.25, 0.3) is 10.0 Å². The van der Waals surface area contributed by atoms with Gasteiger partial charge in [-0.05, 0) is 36.2 Å². The van der Waals surface area contributed by atoms with E-state index in [1.54, 1.807) is 17.0 Å². The highest BCUT2D eigenvalue weighted by atomic mass is 32.2. The number of hydrogen-bond acceptors (Lipinski definition) is 3. The number of carbonyl (C=O) groups is 1. The molecule has 0 aliphatic carbocycles. The first-order valence-electron chi connectivity index (χ1n) is 7.16. The Labute approximate surface area is 138 Å². The minimum Gasteiger partial charge on any atom is -0.312 e. The van der Waals surface area contributed by atoms with E-state index < -0.39 is 26.6 Å². The largest absolute Gasteiger partial charge is 0.312 e. The molecule has 0 saturated carbocycles. The SMILES string of the molecule is CC(=O)N1CCc2ccc(NS(=O)(=O)c3cc(F)cc(F)c3)cc21. The predicted octanol–water partition coefficient (Wildman–Crippen LogP) is 2.67. The number of carbonyl (C=O) groups excluding carboxylic acids is 1. The van der Waals surface area contributed by atoms with E-state index in [0.717, 1.165) is 17.7 Å². The Kier molecular flexibility index (Phi) is 4.00. The Morgan fingerprint density at radius 3 is 2.42 bits per heavy atom. The van der Waals surface area contributed by atoms with E-state index in [2.05, 4.69) is 4.72 Å². The Bertz CT molecular complexity index is 909. The summed E-state index contributed by atoms with van der Waals surface area (Å²) in [6, 6.07) is 6.88. The molecule has 1 aliphatic rings. The van der Waals surface area contributed by atoms with Crippen molar-refractivity contribution in [3.05, 3.63) is 53.6 Å². The number of nitrogens with one attached hydrogen (secondary N) is 1. The molecule has 126 valence electrons. The monoisotopic (exact) mass is 352 g/mol. The van der Waals surface area contributed by atoms with Gasteiger partial charge in [-0.1, -0.05) is 6.07 Å². The van der Waals surface area contributed by atoms with Crippen LogP contribution in [0.1, 0.15) is 12.5 Å². The summed E-state index contributed by atoms with van der Waals surface area (Å²) in [7, 11) is -4.15. The molecule has 0 spiro atoms. The summed E-state index contributed by atoms with van der Waals surface area (Å²) >= 11 is 0. The van der Waals surface area contributed by atoms with Gasteiger partial charge in [-0.3, -0.25) is 9.52 Å². The number of anilines is 2. The lowest BCUT2D eigenvalue weighted by Gasteiger charge is -2.16. The Balaban J connectivity index is 1.94. The molecule has 1 amide bonds. The lowest BCUT2D eigenvalue weighted by molar-refractivity contribution is -0.116. The molecule has 0 unspecified atom stereocenters. The number of rotatable bonds is 3. The van der Waals surface area contributed by atoms with Crippen LogP contribution in [0.15, 0.2) is 41.3 Å². The second kappa shape index (κ2) is 5.86. The van der Waals surface area contributed by atoms with Gasteiger partial charge in [0, 0.05) is 25.2 Å². The fourth-order valence-corrected chi connectivity index (χ4v) is 3.76. The lowest BCUT2D eigenvalue weighted by atomic mass is 10.1. The zero-order valence-electron chi connectivity index (χ0n) is 12.7. The van der Waals surface area contributed by atoms with Crippen LogP contribution < -0.4 is 9.62 Å². The van der Waals surface area contributed by atoms with Crippen molar-refractivity contribution in [3.8, 4) is 0 Å². The molecule has 8 heteroatoms. The number of hydrogen-bond donors (Lipinski definition) is 1. The molecule has 2 aromatic rings. The molecule has 3 rings (SSSR count). The fraction of sp³-hybridized carbons (Fsp3) is 0.188. The van der Waals surface area contributed by atoms with Crippen molar-refractivity contribution >= 4 is 27.3 Å². The van der Waals surface area contributed by atoms with E-state index in [1.165, 1.54) is 13.0 Å². The van der Waals surface area contributed by atoms with Gasteiger partial charge in [0.1, 0.15) is 11.6 Å². The average Bonchev–Trinajstić information content (AvgIpc) is 2.89. The Hall–Kier alpha value is -2.48. The maximum absolute atomic E-state index is 13.2. The minimum absolute atomic E-state index is 0.138. The second-order valence-corrected chi connectivity index (χ2v) is 7.16. The highest BCUT2D eigenvalue weighted by Gasteiger charge is 2.23. The smallest absolute Gasteiger partial charge is 0.262 e. The topological polar surface area (TPSA) is 66.5 Å².